The minimum Gasteiger partial charge on any atom is -0.341 e. The number of pyridine rings is 1. The van der Waals surface area contributed by atoms with Crippen LogP contribution in [0.4, 0.5) is 0 Å². The number of aryl methyl sites for hydroxylation is 1. The monoisotopic (exact) mass is 291 g/mol. The van der Waals surface area contributed by atoms with Crippen molar-refractivity contribution in [3.63, 3.8) is 0 Å². The second-order valence-corrected chi connectivity index (χ2v) is 5.92. The van der Waals surface area contributed by atoms with Gasteiger partial charge in [0.25, 0.3) is 5.56 Å². The van der Waals surface area contributed by atoms with Crippen LogP contribution in [-0.2, 0) is 11.3 Å². The highest BCUT2D eigenvalue weighted by Crippen LogP contribution is 2.20. The molecule has 5 heteroatoms. The fourth-order valence-corrected chi connectivity index (χ4v) is 3.05. The highest BCUT2D eigenvalue weighted by molar-refractivity contribution is 5.76. The minimum absolute atomic E-state index is 0.0511. The molecular formula is C16H25N3O2. The lowest BCUT2D eigenvalue weighted by atomic mass is 9.99. The molecule has 2 heterocycles. The summed E-state index contributed by atoms with van der Waals surface area (Å²) in [5.41, 5.74) is 6.93. The highest BCUT2D eigenvalue weighted by atomic mass is 16.2. The van der Waals surface area contributed by atoms with Gasteiger partial charge in [0.15, 0.2) is 0 Å². The van der Waals surface area contributed by atoms with Crippen LogP contribution >= 0.6 is 0 Å². The first-order valence-electron chi connectivity index (χ1n) is 7.72. The van der Waals surface area contributed by atoms with Gasteiger partial charge in [0.05, 0.1) is 0 Å². The first-order chi connectivity index (χ1) is 10.0. The Balaban J connectivity index is 1.93. The number of hydrogen-bond acceptors (Lipinski definition) is 3. The van der Waals surface area contributed by atoms with Gasteiger partial charge in [-0.2, -0.15) is 0 Å². The fraction of sp³-hybridized carbons (Fsp3) is 0.625. The Morgan fingerprint density at radius 3 is 2.81 bits per heavy atom. The summed E-state index contributed by atoms with van der Waals surface area (Å²) < 4.78 is 1.65. The predicted molar refractivity (Wildman–Crippen MR) is 83.0 cm³/mol. The number of rotatable bonds is 5. The molecular weight excluding hydrogens is 266 g/mol. The Hall–Kier alpha value is -1.62. The van der Waals surface area contributed by atoms with Gasteiger partial charge in [-0.1, -0.05) is 19.4 Å². The van der Waals surface area contributed by atoms with E-state index in [2.05, 4.69) is 6.92 Å². The minimum atomic E-state index is -0.0511. The molecule has 21 heavy (non-hydrogen) atoms. The normalized spacial score (nSPS) is 21.8. The molecule has 0 unspecified atom stereocenters. The number of nitrogens with zero attached hydrogens (tertiary/aromatic N) is 2. The van der Waals surface area contributed by atoms with Crippen LogP contribution in [0.5, 0.6) is 0 Å². The van der Waals surface area contributed by atoms with Gasteiger partial charge < -0.3 is 15.2 Å². The Morgan fingerprint density at radius 2 is 2.14 bits per heavy atom. The fourth-order valence-electron chi connectivity index (χ4n) is 3.05. The molecule has 0 aromatic carbocycles. The number of amides is 1. The molecule has 0 radical (unpaired) electrons. The second kappa shape index (κ2) is 6.89. The molecule has 1 amide bonds. The average molecular weight is 291 g/mol. The summed E-state index contributed by atoms with van der Waals surface area (Å²) in [5, 5.41) is 0. The van der Waals surface area contributed by atoms with Crippen LogP contribution in [0.25, 0.3) is 0 Å². The van der Waals surface area contributed by atoms with E-state index in [0.717, 1.165) is 25.1 Å². The van der Waals surface area contributed by atoms with Crippen molar-refractivity contribution in [3.05, 3.63) is 34.2 Å². The van der Waals surface area contributed by atoms with Crippen LogP contribution in [0.1, 0.15) is 31.9 Å². The van der Waals surface area contributed by atoms with Gasteiger partial charge in [-0.15, -0.1) is 0 Å². The smallest absolute Gasteiger partial charge is 0.250 e. The zero-order valence-electron chi connectivity index (χ0n) is 12.9. The van der Waals surface area contributed by atoms with Crippen molar-refractivity contribution in [3.8, 4) is 0 Å². The molecule has 0 saturated carbocycles. The summed E-state index contributed by atoms with van der Waals surface area (Å²) >= 11 is 0. The molecule has 1 aliphatic heterocycles. The summed E-state index contributed by atoms with van der Waals surface area (Å²) in [6, 6.07) is 5.25. The Bertz CT molecular complexity index is 553. The maximum absolute atomic E-state index is 12.3. The molecule has 1 aromatic rings. The van der Waals surface area contributed by atoms with Crippen molar-refractivity contribution in [2.24, 2.45) is 11.7 Å². The third-order valence-electron chi connectivity index (χ3n) is 4.32. The summed E-state index contributed by atoms with van der Waals surface area (Å²) in [7, 11) is 0. The first kappa shape index (κ1) is 15.8. The Morgan fingerprint density at radius 1 is 1.38 bits per heavy atom. The third kappa shape index (κ3) is 3.73. The topological polar surface area (TPSA) is 68.3 Å². The molecule has 1 saturated heterocycles. The zero-order valence-corrected chi connectivity index (χ0v) is 12.9. The van der Waals surface area contributed by atoms with Crippen molar-refractivity contribution in [2.75, 3.05) is 13.1 Å². The van der Waals surface area contributed by atoms with Gasteiger partial charge in [-0.05, 0) is 25.3 Å². The molecule has 2 N–H and O–H groups in total. The first-order valence-corrected chi connectivity index (χ1v) is 7.72. The molecule has 5 nitrogen and oxygen atoms in total. The van der Waals surface area contributed by atoms with Gasteiger partial charge in [-0.3, -0.25) is 9.59 Å². The molecule has 0 aliphatic carbocycles. The number of carbonyl (C=O) groups is 1. The van der Waals surface area contributed by atoms with E-state index in [1.807, 2.05) is 17.9 Å². The van der Waals surface area contributed by atoms with Gasteiger partial charge in [0.2, 0.25) is 5.91 Å². The second-order valence-electron chi connectivity index (χ2n) is 5.92. The van der Waals surface area contributed by atoms with E-state index in [4.69, 9.17) is 5.73 Å². The van der Waals surface area contributed by atoms with E-state index < -0.39 is 0 Å². The summed E-state index contributed by atoms with van der Waals surface area (Å²) in [4.78, 5) is 25.9. The molecule has 1 aromatic heterocycles. The van der Waals surface area contributed by atoms with Gasteiger partial charge in [-0.25, -0.2) is 0 Å². The number of aromatic nitrogens is 1. The standard InChI is InChI=1S/C16H25N3O2/c1-3-5-13-10-18(11-14(13)17)15(20)8-9-19-12(2)6-4-7-16(19)21/h4,6-7,13-14H,3,5,8-11,17H2,1-2H3/t13-,14-/m0/s1. The van der Waals surface area contributed by atoms with E-state index in [0.29, 0.717) is 25.4 Å². The number of nitrogens with two attached hydrogens (primary N) is 1. The molecule has 116 valence electrons. The van der Waals surface area contributed by atoms with Crippen LogP contribution in [0, 0.1) is 12.8 Å². The van der Waals surface area contributed by atoms with Crippen LogP contribution < -0.4 is 11.3 Å². The average Bonchev–Trinajstić information content (AvgIpc) is 2.80. The third-order valence-corrected chi connectivity index (χ3v) is 4.32. The molecule has 2 atom stereocenters. The summed E-state index contributed by atoms with van der Waals surface area (Å²) in [6.07, 6.45) is 2.53. The van der Waals surface area contributed by atoms with Gasteiger partial charge in [0.1, 0.15) is 0 Å². The van der Waals surface area contributed by atoms with Crippen LogP contribution in [0.2, 0.25) is 0 Å². The maximum atomic E-state index is 12.3. The van der Waals surface area contributed by atoms with Crippen molar-refractivity contribution < 1.29 is 4.79 Å². The maximum Gasteiger partial charge on any atom is 0.250 e. The molecule has 1 fully saturated rings. The van der Waals surface area contributed by atoms with Crippen molar-refractivity contribution in [1.29, 1.82) is 0 Å². The van der Waals surface area contributed by atoms with E-state index in [1.165, 1.54) is 6.07 Å². The molecule has 2 rings (SSSR count). The van der Waals surface area contributed by atoms with Crippen molar-refractivity contribution >= 4 is 5.91 Å². The zero-order chi connectivity index (χ0) is 15.4. The number of carbonyl (C=O) groups excluding carboxylic acids is 1. The highest BCUT2D eigenvalue weighted by Gasteiger charge is 2.31. The lowest BCUT2D eigenvalue weighted by Crippen LogP contribution is -2.33. The summed E-state index contributed by atoms with van der Waals surface area (Å²) in [6.45, 7) is 5.87. The largest absolute Gasteiger partial charge is 0.341 e. The SMILES string of the molecule is CCC[C@H]1CN(C(=O)CCn2c(C)cccc2=O)C[C@@H]1N. The molecule has 0 spiro atoms. The predicted octanol–water partition coefficient (Wildman–Crippen LogP) is 1.13. The van der Waals surface area contributed by atoms with Crippen LogP contribution in [0.3, 0.4) is 0 Å². The van der Waals surface area contributed by atoms with E-state index in [1.54, 1.807) is 10.6 Å². The number of hydrogen-bond donors (Lipinski definition) is 1. The van der Waals surface area contributed by atoms with E-state index in [-0.39, 0.29) is 17.5 Å². The quantitative estimate of drug-likeness (QED) is 0.884. The molecule has 0 bridgehead atoms. The number of likely N-dealkylation sites (tertiary alicyclic amines) is 1. The van der Waals surface area contributed by atoms with Crippen molar-refractivity contribution in [2.45, 2.75) is 45.7 Å². The lowest BCUT2D eigenvalue weighted by molar-refractivity contribution is -0.130. The molecule has 1 aliphatic rings. The lowest BCUT2D eigenvalue weighted by Gasteiger charge is -2.17. The van der Waals surface area contributed by atoms with Crippen LogP contribution in [-0.4, -0.2) is 34.5 Å². The van der Waals surface area contributed by atoms with Crippen molar-refractivity contribution in [1.82, 2.24) is 9.47 Å². The van der Waals surface area contributed by atoms with Crippen LogP contribution in [0.15, 0.2) is 23.0 Å². The Kier molecular flexibility index (Phi) is 5.17. The van der Waals surface area contributed by atoms with Gasteiger partial charge >= 0.3 is 0 Å². The summed E-state index contributed by atoms with van der Waals surface area (Å²) in [5.74, 6) is 0.513. The van der Waals surface area contributed by atoms with E-state index >= 15 is 0 Å². The Labute approximate surface area is 125 Å². The van der Waals surface area contributed by atoms with E-state index in [9.17, 15) is 9.59 Å². The van der Waals surface area contributed by atoms with Gasteiger partial charge in [0, 0.05) is 43.9 Å².